The average molecular weight is 341 g/mol. The van der Waals surface area contributed by atoms with Crippen LogP contribution in [-0.2, 0) is 0 Å². The smallest absolute Gasteiger partial charge is 0.291 e. The second kappa shape index (κ2) is 10.9. The van der Waals surface area contributed by atoms with Gasteiger partial charge in [0.05, 0.1) is 0 Å². The maximum Gasteiger partial charge on any atom is 0.291 e. The van der Waals surface area contributed by atoms with E-state index in [0.717, 1.165) is 23.8 Å². The maximum absolute atomic E-state index is 8.36. The lowest BCUT2D eigenvalue weighted by atomic mass is 9.67. The molecule has 24 heavy (non-hydrogen) atoms. The van der Waals surface area contributed by atoms with E-state index in [1.807, 2.05) is 0 Å². The molecule has 0 radical (unpaired) electrons. The number of nitrogens with one attached hydrogen (secondary N) is 1. The molecule has 0 aromatic heterocycles. The van der Waals surface area contributed by atoms with Crippen LogP contribution in [0.2, 0.25) is 0 Å². The third-order valence-electron chi connectivity index (χ3n) is 6.48. The highest BCUT2D eigenvalue weighted by molar-refractivity contribution is 4.86. The molecule has 1 unspecified atom stereocenters. The quantitative estimate of drug-likeness (QED) is 0.561. The van der Waals surface area contributed by atoms with Crippen LogP contribution in [0.25, 0.3) is 0 Å². The van der Waals surface area contributed by atoms with Gasteiger partial charge in [-0.15, -0.1) is 10.1 Å². The van der Waals surface area contributed by atoms with E-state index in [4.69, 9.17) is 15.3 Å². The summed E-state index contributed by atoms with van der Waals surface area (Å²) in [7, 11) is 0. The van der Waals surface area contributed by atoms with Gasteiger partial charge in [0.1, 0.15) is 0 Å². The molecule has 5 nitrogen and oxygen atoms in total. The lowest BCUT2D eigenvalue weighted by Gasteiger charge is -2.40. The van der Waals surface area contributed by atoms with Crippen molar-refractivity contribution < 1.29 is 10.3 Å². The van der Waals surface area contributed by atoms with Crippen LogP contribution in [0, 0.1) is 27.9 Å². The standard InChI is InChI=1S/C19H35N.HNO3/c1-3-9-16(10-4-1)19(17-11-5-2-6-12-17)15-18-13-7-8-14-20-18;2-1(3)4/h16-20H,1-15H2;(H,2,3,4). The number of piperidine rings is 1. The van der Waals surface area contributed by atoms with Gasteiger partial charge in [-0.2, -0.15) is 0 Å². The predicted molar refractivity (Wildman–Crippen MR) is 95.7 cm³/mol. The monoisotopic (exact) mass is 340 g/mol. The summed E-state index contributed by atoms with van der Waals surface area (Å²) in [4.78, 5) is 8.36. The molecule has 0 aromatic rings. The van der Waals surface area contributed by atoms with E-state index in [0.29, 0.717) is 0 Å². The predicted octanol–water partition coefficient (Wildman–Crippen LogP) is 4.95. The summed E-state index contributed by atoms with van der Waals surface area (Å²) in [5.41, 5.74) is 0. The van der Waals surface area contributed by atoms with Gasteiger partial charge in [-0.25, -0.2) is 0 Å². The third-order valence-corrected chi connectivity index (χ3v) is 6.48. The SMILES string of the molecule is C1CCC(C(CC2CCCCN2)C2CCCCC2)CC1.O=[N+]([O-])O. The largest absolute Gasteiger partial charge is 0.328 e. The van der Waals surface area contributed by atoms with Crippen molar-refractivity contribution in [3.05, 3.63) is 10.1 Å². The summed E-state index contributed by atoms with van der Waals surface area (Å²) < 4.78 is 0. The molecule has 0 aromatic carbocycles. The maximum atomic E-state index is 8.36. The van der Waals surface area contributed by atoms with Gasteiger partial charge in [-0.3, -0.25) is 0 Å². The van der Waals surface area contributed by atoms with E-state index >= 15 is 0 Å². The molecule has 1 heterocycles. The Balaban J connectivity index is 0.000000471. The van der Waals surface area contributed by atoms with Crippen LogP contribution in [0.15, 0.2) is 0 Å². The zero-order chi connectivity index (χ0) is 17.2. The molecule has 1 aliphatic heterocycles. The van der Waals surface area contributed by atoms with Crippen molar-refractivity contribution >= 4 is 0 Å². The van der Waals surface area contributed by atoms with Crippen LogP contribution in [0.1, 0.15) is 89.9 Å². The molecule has 3 fully saturated rings. The molecule has 3 rings (SSSR count). The Bertz CT molecular complexity index is 325. The lowest BCUT2D eigenvalue weighted by Crippen LogP contribution is -2.39. The number of nitrogens with zero attached hydrogens (tertiary/aromatic N) is 1. The van der Waals surface area contributed by atoms with Gasteiger partial charge in [-0.1, -0.05) is 70.6 Å². The van der Waals surface area contributed by atoms with Crippen LogP contribution in [0.5, 0.6) is 0 Å². The van der Waals surface area contributed by atoms with Gasteiger partial charge < -0.3 is 10.5 Å². The normalized spacial score (nSPS) is 26.6. The van der Waals surface area contributed by atoms with Gasteiger partial charge >= 0.3 is 0 Å². The van der Waals surface area contributed by atoms with E-state index in [1.54, 1.807) is 25.7 Å². The number of rotatable bonds is 4. The van der Waals surface area contributed by atoms with Crippen molar-refractivity contribution in [2.75, 3.05) is 6.54 Å². The molecule has 0 bridgehead atoms. The zero-order valence-corrected chi connectivity index (χ0v) is 15.1. The molecule has 0 amide bonds. The minimum absolute atomic E-state index is 0.859. The Morgan fingerprint density at radius 2 is 1.33 bits per heavy atom. The molecule has 2 aliphatic carbocycles. The molecule has 0 spiro atoms. The lowest BCUT2D eigenvalue weighted by molar-refractivity contribution is -0.742. The fourth-order valence-electron chi connectivity index (χ4n) is 5.35. The average Bonchev–Trinajstić information content (AvgIpc) is 2.62. The first-order valence-electron chi connectivity index (χ1n) is 10.2. The first-order chi connectivity index (χ1) is 11.7. The number of hydrogen-bond donors (Lipinski definition) is 2. The highest BCUT2D eigenvalue weighted by Crippen LogP contribution is 2.42. The summed E-state index contributed by atoms with van der Waals surface area (Å²) >= 11 is 0. The van der Waals surface area contributed by atoms with Crippen molar-refractivity contribution in [1.82, 2.24) is 5.32 Å². The molecule has 2 saturated carbocycles. The van der Waals surface area contributed by atoms with Gasteiger partial charge in [0, 0.05) is 6.04 Å². The van der Waals surface area contributed by atoms with E-state index in [-0.39, 0.29) is 0 Å². The first-order valence-corrected chi connectivity index (χ1v) is 10.2. The molecular weight excluding hydrogens is 304 g/mol. The Hall–Kier alpha value is -0.840. The van der Waals surface area contributed by atoms with E-state index in [2.05, 4.69) is 5.32 Å². The van der Waals surface area contributed by atoms with Gasteiger partial charge in [0.15, 0.2) is 0 Å². The Kier molecular flexibility index (Phi) is 8.86. The fraction of sp³-hybridized carbons (Fsp3) is 1.00. The summed E-state index contributed by atoms with van der Waals surface area (Å²) in [6.45, 7) is 1.28. The summed E-state index contributed by atoms with van der Waals surface area (Å²) in [6.07, 6.45) is 21.1. The summed E-state index contributed by atoms with van der Waals surface area (Å²) in [5.74, 6) is 3.22. The van der Waals surface area contributed by atoms with Crippen molar-refractivity contribution in [3.63, 3.8) is 0 Å². The summed E-state index contributed by atoms with van der Waals surface area (Å²) in [5, 5.41) is 17.5. The van der Waals surface area contributed by atoms with Crippen LogP contribution in [0.4, 0.5) is 0 Å². The fourth-order valence-corrected chi connectivity index (χ4v) is 5.35. The molecular formula is C19H36N2O3. The molecule has 3 aliphatic rings. The minimum Gasteiger partial charge on any atom is -0.328 e. The summed E-state index contributed by atoms with van der Waals surface area (Å²) in [6, 6.07) is 0.859. The zero-order valence-electron chi connectivity index (χ0n) is 15.1. The minimum atomic E-state index is -1.50. The van der Waals surface area contributed by atoms with E-state index < -0.39 is 5.09 Å². The van der Waals surface area contributed by atoms with Crippen molar-refractivity contribution in [2.24, 2.45) is 17.8 Å². The van der Waals surface area contributed by atoms with Crippen LogP contribution in [0.3, 0.4) is 0 Å². The number of hydrogen-bond acceptors (Lipinski definition) is 3. The van der Waals surface area contributed by atoms with Crippen LogP contribution >= 0.6 is 0 Å². The Labute approximate surface area is 146 Å². The molecule has 1 atom stereocenters. The second-order valence-corrected chi connectivity index (χ2v) is 8.08. The third kappa shape index (κ3) is 6.96. The highest BCUT2D eigenvalue weighted by Gasteiger charge is 2.33. The van der Waals surface area contributed by atoms with Crippen molar-refractivity contribution in [1.29, 1.82) is 0 Å². The second-order valence-electron chi connectivity index (χ2n) is 8.08. The molecule has 1 saturated heterocycles. The van der Waals surface area contributed by atoms with Crippen molar-refractivity contribution in [2.45, 2.75) is 95.9 Å². The molecule has 140 valence electrons. The van der Waals surface area contributed by atoms with Gasteiger partial charge in [0.2, 0.25) is 0 Å². The molecule has 2 N–H and O–H groups in total. The first kappa shape index (κ1) is 19.5. The molecule has 5 heteroatoms. The highest BCUT2D eigenvalue weighted by atomic mass is 16.9. The van der Waals surface area contributed by atoms with Crippen LogP contribution in [-0.4, -0.2) is 22.9 Å². The Morgan fingerprint density at radius 1 is 0.875 bits per heavy atom. The Morgan fingerprint density at radius 3 is 1.75 bits per heavy atom. The van der Waals surface area contributed by atoms with Crippen molar-refractivity contribution in [3.8, 4) is 0 Å². The topological polar surface area (TPSA) is 75.4 Å². The van der Waals surface area contributed by atoms with Crippen LogP contribution < -0.4 is 5.32 Å². The van der Waals surface area contributed by atoms with E-state index in [9.17, 15) is 0 Å². The van der Waals surface area contributed by atoms with E-state index in [1.165, 1.54) is 70.8 Å². The van der Waals surface area contributed by atoms with Gasteiger partial charge in [0.25, 0.3) is 5.09 Å². The van der Waals surface area contributed by atoms with Gasteiger partial charge in [-0.05, 0) is 43.6 Å².